The second-order valence-corrected chi connectivity index (χ2v) is 6.34. The fraction of sp³-hybridized carbons (Fsp3) is 0.375. The molecule has 0 radical (unpaired) electrons. The Hall–Kier alpha value is -1.92. The number of H-pyrrole nitrogens is 1. The average molecular weight is 336 g/mol. The zero-order valence-corrected chi connectivity index (χ0v) is 13.0. The smallest absolute Gasteiger partial charge is 0.229 e. The molecule has 23 heavy (non-hydrogen) atoms. The van der Waals surface area contributed by atoms with Crippen molar-refractivity contribution in [3.8, 4) is 0 Å². The van der Waals surface area contributed by atoms with Crippen molar-refractivity contribution in [2.75, 3.05) is 6.61 Å². The molecule has 2 aliphatic heterocycles. The van der Waals surface area contributed by atoms with Crippen LogP contribution in [0, 0.1) is 11.7 Å². The van der Waals surface area contributed by atoms with Gasteiger partial charge in [0.15, 0.2) is 0 Å². The summed E-state index contributed by atoms with van der Waals surface area (Å²) in [4.78, 5) is 14.6. The molecule has 0 saturated carbocycles. The van der Waals surface area contributed by atoms with Crippen molar-refractivity contribution in [2.24, 2.45) is 5.92 Å². The minimum atomic E-state index is -0.493. The number of nitrogens with zero attached hydrogens (tertiary/aromatic N) is 2. The summed E-state index contributed by atoms with van der Waals surface area (Å²) in [6.45, 7) is 1.58. The molecule has 3 heterocycles. The van der Waals surface area contributed by atoms with Gasteiger partial charge in [0.05, 0.1) is 35.5 Å². The molecule has 2 aromatic rings. The summed E-state index contributed by atoms with van der Waals surface area (Å²) < 4.78 is 19.4. The molecule has 4 rings (SSSR count). The van der Waals surface area contributed by atoms with Gasteiger partial charge in [-0.3, -0.25) is 9.89 Å². The first-order chi connectivity index (χ1) is 11.1. The Labute approximate surface area is 137 Å². The molecule has 0 bridgehead atoms. The van der Waals surface area contributed by atoms with Gasteiger partial charge in [0, 0.05) is 18.7 Å². The van der Waals surface area contributed by atoms with Gasteiger partial charge >= 0.3 is 0 Å². The normalized spacial score (nSPS) is 23.3. The van der Waals surface area contributed by atoms with Crippen LogP contribution in [0.4, 0.5) is 4.39 Å². The average Bonchev–Trinajstić information content (AvgIpc) is 3.23. The number of amides is 1. The minimum Gasteiger partial charge on any atom is -0.373 e. The van der Waals surface area contributed by atoms with Gasteiger partial charge in [-0.25, -0.2) is 4.39 Å². The zero-order chi connectivity index (χ0) is 16.0. The number of nitrogens with one attached hydrogen (secondary N) is 1. The van der Waals surface area contributed by atoms with Crippen molar-refractivity contribution >= 4 is 17.5 Å². The molecule has 1 saturated heterocycles. The van der Waals surface area contributed by atoms with Crippen LogP contribution >= 0.6 is 11.6 Å². The van der Waals surface area contributed by atoms with Crippen LogP contribution in [-0.2, 0) is 22.6 Å². The molecule has 5 nitrogen and oxygen atoms in total. The van der Waals surface area contributed by atoms with E-state index in [1.165, 1.54) is 12.1 Å². The number of hydrogen-bond acceptors (Lipinski definition) is 3. The monoisotopic (exact) mass is 335 g/mol. The van der Waals surface area contributed by atoms with Gasteiger partial charge in [-0.2, -0.15) is 5.10 Å². The Morgan fingerprint density at radius 1 is 1.43 bits per heavy atom. The second-order valence-electron chi connectivity index (χ2n) is 5.93. The van der Waals surface area contributed by atoms with Gasteiger partial charge in [-0.05, 0) is 24.1 Å². The molecule has 1 amide bonds. The third-order valence-electron chi connectivity index (χ3n) is 4.51. The first kappa shape index (κ1) is 14.7. The van der Waals surface area contributed by atoms with Gasteiger partial charge in [0.25, 0.3) is 0 Å². The molecule has 0 spiro atoms. The van der Waals surface area contributed by atoms with E-state index in [0.29, 0.717) is 31.7 Å². The maximum atomic E-state index is 13.7. The highest BCUT2D eigenvalue weighted by atomic mass is 35.5. The summed E-state index contributed by atoms with van der Waals surface area (Å²) in [6.07, 6.45) is 1.96. The molecule has 0 aliphatic carbocycles. The lowest BCUT2D eigenvalue weighted by Crippen LogP contribution is -2.33. The number of ether oxygens (including phenoxy) is 1. The maximum Gasteiger partial charge on any atom is 0.229 e. The number of rotatable bonds is 2. The summed E-state index contributed by atoms with van der Waals surface area (Å²) in [5.41, 5.74) is 2.68. The largest absolute Gasteiger partial charge is 0.373 e. The lowest BCUT2D eigenvalue weighted by Gasteiger charge is -2.24. The number of halogens is 2. The minimum absolute atomic E-state index is 0.0347. The summed E-state index contributed by atoms with van der Waals surface area (Å²) in [6, 6.07) is 4.58. The van der Waals surface area contributed by atoms with E-state index in [-0.39, 0.29) is 16.8 Å². The van der Waals surface area contributed by atoms with Crippen molar-refractivity contribution in [3.63, 3.8) is 0 Å². The van der Waals surface area contributed by atoms with Gasteiger partial charge in [0.1, 0.15) is 5.82 Å². The standard InChI is InChI=1S/C16H15ClFN3O2/c17-12-2-1-9(5-13(12)18)15-11(3-4-23-15)16(22)21-7-10-6-19-20-14(10)8-21/h1-2,5-6,11,15H,3-4,7-8H2,(H,19,20)/t11-,15+/m1/s1. The van der Waals surface area contributed by atoms with Crippen LogP contribution in [0.25, 0.3) is 0 Å². The van der Waals surface area contributed by atoms with Gasteiger partial charge in [0.2, 0.25) is 5.91 Å². The van der Waals surface area contributed by atoms with Crippen molar-refractivity contribution in [1.82, 2.24) is 15.1 Å². The molecule has 1 N–H and O–H groups in total. The van der Waals surface area contributed by atoms with Crippen LogP contribution in [0.5, 0.6) is 0 Å². The van der Waals surface area contributed by atoms with E-state index in [2.05, 4.69) is 10.2 Å². The van der Waals surface area contributed by atoms with E-state index in [4.69, 9.17) is 16.3 Å². The Balaban J connectivity index is 1.54. The molecule has 2 atom stereocenters. The van der Waals surface area contributed by atoms with Gasteiger partial charge < -0.3 is 9.64 Å². The van der Waals surface area contributed by atoms with Crippen molar-refractivity contribution < 1.29 is 13.9 Å². The highest BCUT2D eigenvalue weighted by molar-refractivity contribution is 6.30. The number of fused-ring (bicyclic) bond motifs is 1. The Bertz CT molecular complexity index is 743. The zero-order valence-electron chi connectivity index (χ0n) is 12.3. The first-order valence-corrected chi connectivity index (χ1v) is 7.88. The van der Waals surface area contributed by atoms with Crippen LogP contribution in [-0.4, -0.2) is 27.6 Å². The van der Waals surface area contributed by atoms with Crippen LogP contribution in [0.3, 0.4) is 0 Å². The fourth-order valence-corrected chi connectivity index (χ4v) is 3.43. The predicted molar refractivity (Wildman–Crippen MR) is 81.1 cm³/mol. The summed E-state index contributed by atoms with van der Waals surface area (Å²) in [5, 5.41) is 6.95. The molecule has 1 fully saturated rings. The molecule has 1 aromatic heterocycles. The SMILES string of the molecule is O=C([C@@H]1CCO[C@H]1c1ccc(Cl)c(F)c1)N1Cc2cn[nH]c2C1. The van der Waals surface area contributed by atoms with Gasteiger partial charge in [-0.15, -0.1) is 0 Å². The third kappa shape index (κ3) is 2.52. The summed E-state index contributed by atoms with van der Waals surface area (Å²) in [7, 11) is 0. The van der Waals surface area contributed by atoms with E-state index in [9.17, 15) is 9.18 Å². The third-order valence-corrected chi connectivity index (χ3v) is 4.82. The number of carbonyl (C=O) groups is 1. The van der Waals surface area contributed by atoms with E-state index >= 15 is 0 Å². The number of carbonyl (C=O) groups excluding carboxylic acids is 1. The molecule has 120 valence electrons. The van der Waals surface area contributed by atoms with E-state index in [1.807, 2.05) is 0 Å². The Kier molecular flexibility index (Phi) is 3.58. The molecule has 1 aromatic carbocycles. The highest BCUT2D eigenvalue weighted by Gasteiger charge is 2.39. The second kappa shape index (κ2) is 5.62. The summed E-state index contributed by atoms with van der Waals surface area (Å²) in [5.74, 6) is -0.756. The molecule has 0 unspecified atom stereocenters. The van der Waals surface area contributed by atoms with Crippen LogP contribution in [0.1, 0.15) is 29.3 Å². The van der Waals surface area contributed by atoms with Crippen molar-refractivity contribution in [1.29, 1.82) is 0 Å². The number of hydrogen-bond donors (Lipinski definition) is 1. The number of benzene rings is 1. The Morgan fingerprint density at radius 2 is 2.30 bits per heavy atom. The number of aromatic nitrogens is 2. The fourth-order valence-electron chi connectivity index (χ4n) is 3.31. The van der Waals surface area contributed by atoms with E-state index < -0.39 is 11.9 Å². The topological polar surface area (TPSA) is 58.2 Å². The van der Waals surface area contributed by atoms with Crippen LogP contribution in [0.2, 0.25) is 5.02 Å². The first-order valence-electron chi connectivity index (χ1n) is 7.50. The van der Waals surface area contributed by atoms with E-state index in [1.54, 1.807) is 17.2 Å². The summed E-state index contributed by atoms with van der Waals surface area (Å²) >= 11 is 5.73. The van der Waals surface area contributed by atoms with Gasteiger partial charge in [-0.1, -0.05) is 17.7 Å². The number of aromatic amines is 1. The lowest BCUT2D eigenvalue weighted by atomic mass is 9.94. The molecular formula is C16H15ClFN3O2. The van der Waals surface area contributed by atoms with Crippen LogP contribution < -0.4 is 0 Å². The highest BCUT2D eigenvalue weighted by Crippen LogP contribution is 2.38. The molecule has 2 aliphatic rings. The van der Waals surface area contributed by atoms with Crippen LogP contribution in [0.15, 0.2) is 24.4 Å². The quantitative estimate of drug-likeness (QED) is 0.918. The molecular weight excluding hydrogens is 321 g/mol. The lowest BCUT2D eigenvalue weighted by molar-refractivity contribution is -0.138. The van der Waals surface area contributed by atoms with Crippen molar-refractivity contribution in [2.45, 2.75) is 25.6 Å². The van der Waals surface area contributed by atoms with E-state index in [0.717, 1.165) is 11.3 Å². The molecule has 7 heteroatoms. The van der Waals surface area contributed by atoms with Crippen molar-refractivity contribution in [3.05, 3.63) is 52.1 Å². The maximum absolute atomic E-state index is 13.7. The Morgan fingerprint density at radius 3 is 3.09 bits per heavy atom. The predicted octanol–water partition coefficient (Wildman–Crippen LogP) is 2.82.